The van der Waals surface area contributed by atoms with Crippen LogP contribution in [0.15, 0.2) is 176 Å². The molecule has 7 aromatic carbocycles. The van der Waals surface area contributed by atoms with Crippen molar-refractivity contribution in [3.63, 3.8) is 0 Å². The summed E-state index contributed by atoms with van der Waals surface area (Å²) in [6.45, 7) is 0. The van der Waals surface area contributed by atoms with Gasteiger partial charge in [0, 0.05) is 47.8 Å². The monoisotopic (exact) mass is 667 g/mol. The van der Waals surface area contributed by atoms with Crippen LogP contribution in [0.5, 0.6) is 0 Å². The first kappa shape index (κ1) is 29.4. The fraction of sp³-hybridized carbons (Fsp3) is 0. The molecule has 0 bridgehead atoms. The minimum Gasteiger partial charge on any atom is -0.247 e. The first-order valence-corrected chi connectivity index (χ1v) is 17.9. The van der Waals surface area contributed by atoms with Crippen LogP contribution in [0.4, 0.5) is 0 Å². The van der Waals surface area contributed by atoms with Gasteiger partial charge in [0.1, 0.15) is 0 Å². The summed E-state index contributed by atoms with van der Waals surface area (Å²) in [7, 11) is 0. The van der Waals surface area contributed by atoms with Crippen molar-refractivity contribution in [2.75, 3.05) is 0 Å². The smallest absolute Gasteiger partial charge is 0.160 e. The van der Waals surface area contributed by atoms with Crippen molar-refractivity contribution in [3.05, 3.63) is 176 Å². The molecule has 0 spiro atoms. The van der Waals surface area contributed by atoms with Crippen molar-refractivity contribution in [2.24, 2.45) is 0 Å². The molecule has 10 aromatic rings. The van der Waals surface area contributed by atoms with Gasteiger partial charge in [0.15, 0.2) is 5.82 Å². The molecule has 3 nitrogen and oxygen atoms in total. The molecule has 3 aromatic heterocycles. The molecule has 10 rings (SSSR count). The molecule has 0 aliphatic rings. The van der Waals surface area contributed by atoms with Gasteiger partial charge in [0.2, 0.25) is 0 Å². The fourth-order valence-corrected chi connectivity index (χ4v) is 8.41. The standard InChI is InChI=1S/C47H29N3S/c1-3-12-30(13-4-1)31-22-24-33(25-23-31)40-29-41(50-47(49-40)34-15-5-2-6-16-34)35-26-27-38-42(28-35)48-45(37-20-11-17-32-14-7-8-18-36(32)37)44-39-19-9-10-21-43(39)51-46(38)44/h1-29H. The highest BCUT2D eigenvalue weighted by molar-refractivity contribution is 7.26. The van der Waals surface area contributed by atoms with Crippen molar-refractivity contribution in [3.8, 4) is 56.3 Å². The van der Waals surface area contributed by atoms with Gasteiger partial charge in [0.05, 0.1) is 22.6 Å². The van der Waals surface area contributed by atoms with Crippen LogP contribution in [-0.4, -0.2) is 15.0 Å². The van der Waals surface area contributed by atoms with E-state index in [1.165, 1.54) is 42.1 Å². The van der Waals surface area contributed by atoms with Crippen molar-refractivity contribution in [2.45, 2.75) is 0 Å². The molecular weight excluding hydrogens is 639 g/mol. The Balaban J connectivity index is 1.18. The molecular formula is C47H29N3S. The predicted molar refractivity (Wildman–Crippen MR) is 215 cm³/mol. The summed E-state index contributed by atoms with van der Waals surface area (Å²) < 4.78 is 2.51. The number of hydrogen-bond acceptors (Lipinski definition) is 4. The Hall–Kier alpha value is -6.49. The normalized spacial score (nSPS) is 11.5. The van der Waals surface area contributed by atoms with Gasteiger partial charge in [0.25, 0.3) is 0 Å². The Morgan fingerprint density at radius 2 is 1.00 bits per heavy atom. The molecule has 0 saturated heterocycles. The van der Waals surface area contributed by atoms with E-state index in [2.05, 4.69) is 152 Å². The minimum atomic E-state index is 0.694. The van der Waals surface area contributed by atoms with Crippen LogP contribution in [0.25, 0.3) is 98.1 Å². The molecule has 0 fully saturated rings. The van der Waals surface area contributed by atoms with E-state index < -0.39 is 0 Å². The number of pyridine rings is 1. The van der Waals surface area contributed by atoms with E-state index in [4.69, 9.17) is 15.0 Å². The maximum absolute atomic E-state index is 5.50. The third kappa shape index (κ3) is 5.16. The van der Waals surface area contributed by atoms with Gasteiger partial charge in [-0.25, -0.2) is 15.0 Å². The van der Waals surface area contributed by atoms with Crippen molar-refractivity contribution >= 4 is 53.2 Å². The molecule has 238 valence electrons. The average molecular weight is 668 g/mol. The van der Waals surface area contributed by atoms with Gasteiger partial charge >= 0.3 is 0 Å². The molecule has 51 heavy (non-hydrogen) atoms. The van der Waals surface area contributed by atoms with Crippen LogP contribution in [0.3, 0.4) is 0 Å². The Morgan fingerprint density at radius 1 is 0.392 bits per heavy atom. The number of benzene rings is 7. The number of thiophene rings is 1. The van der Waals surface area contributed by atoms with E-state index in [1.54, 1.807) is 0 Å². The zero-order valence-corrected chi connectivity index (χ0v) is 28.3. The molecule has 4 heteroatoms. The van der Waals surface area contributed by atoms with Crippen LogP contribution in [0.1, 0.15) is 0 Å². The zero-order valence-electron chi connectivity index (χ0n) is 27.5. The van der Waals surface area contributed by atoms with E-state index in [9.17, 15) is 0 Å². The van der Waals surface area contributed by atoms with Gasteiger partial charge in [-0.2, -0.15) is 0 Å². The topological polar surface area (TPSA) is 38.7 Å². The lowest BCUT2D eigenvalue weighted by Gasteiger charge is -2.13. The third-order valence-corrected chi connectivity index (χ3v) is 10.9. The quantitative estimate of drug-likeness (QED) is 0.183. The maximum Gasteiger partial charge on any atom is 0.160 e. The summed E-state index contributed by atoms with van der Waals surface area (Å²) in [6, 6.07) is 61.8. The van der Waals surface area contributed by atoms with Gasteiger partial charge < -0.3 is 0 Å². The van der Waals surface area contributed by atoms with Crippen molar-refractivity contribution in [1.29, 1.82) is 0 Å². The minimum absolute atomic E-state index is 0.694. The number of hydrogen-bond donors (Lipinski definition) is 0. The van der Waals surface area contributed by atoms with E-state index in [-0.39, 0.29) is 0 Å². The zero-order chi connectivity index (χ0) is 33.7. The second kappa shape index (κ2) is 12.1. The van der Waals surface area contributed by atoms with Crippen LogP contribution >= 0.6 is 11.3 Å². The average Bonchev–Trinajstić information content (AvgIpc) is 3.61. The van der Waals surface area contributed by atoms with Gasteiger partial charge in [-0.1, -0.05) is 158 Å². The Kier molecular flexibility index (Phi) is 7.00. The number of fused-ring (bicyclic) bond motifs is 6. The number of rotatable bonds is 5. The van der Waals surface area contributed by atoms with Crippen LogP contribution in [0, 0.1) is 0 Å². The van der Waals surface area contributed by atoms with Gasteiger partial charge in [-0.05, 0) is 40.1 Å². The molecule has 0 amide bonds. The molecule has 0 atom stereocenters. The third-order valence-electron chi connectivity index (χ3n) is 9.69. The summed E-state index contributed by atoms with van der Waals surface area (Å²) in [5.74, 6) is 0.694. The molecule has 0 radical (unpaired) electrons. The number of aromatic nitrogens is 3. The maximum atomic E-state index is 5.50. The van der Waals surface area contributed by atoms with Gasteiger partial charge in [-0.15, -0.1) is 11.3 Å². The first-order valence-electron chi connectivity index (χ1n) is 17.1. The summed E-state index contributed by atoms with van der Waals surface area (Å²) in [5.41, 5.74) is 10.2. The van der Waals surface area contributed by atoms with Crippen LogP contribution < -0.4 is 0 Å². The summed E-state index contributed by atoms with van der Waals surface area (Å²) >= 11 is 1.84. The molecule has 0 aliphatic carbocycles. The molecule has 0 saturated carbocycles. The van der Waals surface area contributed by atoms with E-state index in [1.807, 2.05) is 35.6 Å². The van der Waals surface area contributed by atoms with E-state index in [0.29, 0.717) is 5.82 Å². The second-order valence-electron chi connectivity index (χ2n) is 12.8. The molecule has 3 heterocycles. The molecule has 0 N–H and O–H groups in total. The van der Waals surface area contributed by atoms with Crippen molar-refractivity contribution < 1.29 is 0 Å². The molecule has 0 aliphatic heterocycles. The Bertz CT molecular complexity index is 2890. The predicted octanol–water partition coefficient (Wildman–Crippen LogP) is 12.9. The highest BCUT2D eigenvalue weighted by Gasteiger charge is 2.19. The SMILES string of the molecule is c1ccc(-c2ccc(-c3cc(-c4ccc5c(c4)nc(-c4cccc6ccccc46)c4c6ccccc6sc54)nc(-c4ccccc4)n3)cc2)cc1. The summed E-state index contributed by atoms with van der Waals surface area (Å²) in [4.78, 5) is 15.7. The lowest BCUT2D eigenvalue weighted by Crippen LogP contribution is -1.96. The highest BCUT2D eigenvalue weighted by atomic mass is 32.1. The Labute approximate surface area is 299 Å². The summed E-state index contributed by atoms with van der Waals surface area (Å²) in [6.07, 6.45) is 0. The van der Waals surface area contributed by atoms with Crippen LogP contribution in [0.2, 0.25) is 0 Å². The lowest BCUT2D eigenvalue weighted by atomic mass is 9.97. The highest BCUT2D eigenvalue weighted by Crippen LogP contribution is 2.44. The van der Waals surface area contributed by atoms with Crippen LogP contribution in [-0.2, 0) is 0 Å². The molecule has 0 unspecified atom stereocenters. The number of nitrogens with zero attached hydrogens (tertiary/aromatic N) is 3. The largest absolute Gasteiger partial charge is 0.247 e. The summed E-state index contributed by atoms with van der Waals surface area (Å²) in [5, 5.41) is 6.00. The second-order valence-corrected chi connectivity index (χ2v) is 13.8. The van der Waals surface area contributed by atoms with Crippen molar-refractivity contribution in [1.82, 2.24) is 15.0 Å². The Morgan fingerprint density at radius 3 is 1.80 bits per heavy atom. The lowest BCUT2D eigenvalue weighted by molar-refractivity contribution is 1.18. The first-order chi connectivity index (χ1) is 25.3. The van der Waals surface area contributed by atoms with Gasteiger partial charge in [-0.3, -0.25) is 0 Å². The van der Waals surface area contributed by atoms with E-state index in [0.717, 1.165) is 50.2 Å². The fourth-order valence-electron chi connectivity index (χ4n) is 7.17. The van der Waals surface area contributed by atoms with E-state index >= 15 is 0 Å².